The van der Waals surface area contributed by atoms with Gasteiger partial charge >= 0.3 is 0 Å². The van der Waals surface area contributed by atoms with Crippen molar-refractivity contribution in [2.75, 3.05) is 13.7 Å². The molecule has 0 unspecified atom stereocenters. The molecule has 1 amide bonds. The Hall–Kier alpha value is -4.39. The van der Waals surface area contributed by atoms with Crippen LogP contribution >= 0.6 is 0 Å². The van der Waals surface area contributed by atoms with E-state index in [1.165, 1.54) is 0 Å². The summed E-state index contributed by atoms with van der Waals surface area (Å²) in [5.41, 5.74) is 4.89. The van der Waals surface area contributed by atoms with E-state index in [2.05, 4.69) is 15.5 Å². The van der Waals surface area contributed by atoms with Gasteiger partial charge in [-0.1, -0.05) is 36.4 Å². The number of nitrogens with one attached hydrogen (secondary N) is 1. The van der Waals surface area contributed by atoms with Gasteiger partial charge in [0.2, 0.25) is 0 Å². The van der Waals surface area contributed by atoms with Crippen molar-refractivity contribution in [3.63, 3.8) is 0 Å². The summed E-state index contributed by atoms with van der Waals surface area (Å²) in [6.07, 6.45) is 3.30. The van der Waals surface area contributed by atoms with E-state index in [0.717, 1.165) is 22.0 Å². The van der Waals surface area contributed by atoms with Crippen molar-refractivity contribution in [3.8, 4) is 17.2 Å². The highest BCUT2D eigenvalue weighted by molar-refractivity contribution is 5.84. The predicted octanol–water partition coefficient (Wildman–Crippen LogP) is 4.35. The van der Waals surface area contributed by atoms with Gasteiger partial charge < -0.3 is 14.2 Å². The molecule has 1 N–H and O–H groups in total. The molecule has 0 aliphatic carbocycles. The second kappa shape index (κ2) is 10.8. The topological polar surface area (TPSA) is 82.0 Å². The van der Waals surface area contributed by atoms with Crippen LogP contribution in [-0.2, 0) is 11.4 Å². The molecule has 0 fully saturated rings. The molecule has 0 aliphatic heterocycles. The lowest BCUT2D eigenvalue weighted by Crippen LogP contribution is -2.24. The Balaban J connectivity index is 1.38. The summed E-state index contributed by atoms with van der Waals surface area (Å²) in [7, 11) is 1.61. The van der Waals surface area contributed by atoms with Crippen LogP contribution in [-0.4, -0.2) is 30.8 Å². The Labute approximate surface area is 191 Å². The molecule has 4 rings (SSSR count). The van der Waals surface area contributed by atoms with Crippen LogP contribution in [0.5, 0.6) is 17.2 Å². The number of aromatic nitrogens is 1. The second-order valence-corrected chi connectivity index (χ2v) is 7.09. The van der Waals surface area contributed by atoms with E-state index in [9.17, 15) is 4.79 Å². The summed E-state index contributed by atoms with van der Waals surface area (Å²) in [6, 6.07) is 24.4. The molecule has 0 bridgehead atoms. The first kappa shape index (κ1) is 21.8. The molecule has 166 valence electrons. The first-order valence-corrected chi connectivity index (χ1v) is 10.4. The zero-order chi connectivity index (χ0) is 22.9. The third-order valence-corrected chi connectivity index (χ3v) is 4.80. The van der Waals surface area contributed by atoms with Gasteiger partial charge in [-0.25, -0.2) is 5.43 Å². The molecule has 33 heavy (non-hydrogen) atoms. The highest BCUT2D eigenvalue weighted by Crippen LogP contribution is 2.26. The van der Waals surface area contributed by atoms with E-state index < -0.39 is 0 Å². The number of para-hydroxylation sites is 2. The van der Waals surface area contributed by atoms with Gasteiger partial charge in [-0.05, 0) is 48.0 Å². The van der Waals surface area contributed by atoms with E-state index in [1.54, 1.807) is 31.7 Å². The fraction of sp³-hybridized carbons (Fsp3) is 0.115. The van der Waals surface area contributed by atoms with Gasteiger partial charge in [0.05, 0.1) is 13.3 Å². The zero-order valence-corrected chi connectivity index (χ0v) is 18.1. The summed E-state index contributed by atoms with van der Waals surface area (Å²) < 4.78 is 16.9. The van der Waals surface area contributed by atoms with Crippen LogP contribution in [0.15, 0.2) is 90.2 Å². The van der Waals surface area contributed by atoms with E-state index in [1.807, 2.05) is 66.7 Å². The Morgan fingerprint density at radius 3 is 2.67 bits per heavy atom. The number of methoxy groups -OCH3 is 1. The molecule has 7 heteroatoms. The fourth-order valence-electron chi connectivity index (χ4n) is 3.22. The Bertz CT molecular complexity index is 1250. The molecule has 1 heterocycles. The van der Waals surface area contributed by atoms with Crippen LogP contribution in [0.2, 0.25) is 0 Å². The maximum atomic E-state index is 11.9. The largest absolute Gasteiger partial charge is 0.496 e. The van der Waals surface area contributed by atoms with Crippen molar-refractivity contribution in [2.45, 2.75) is 6.61 Å². The van der Waals surface area contributed by atoms with E-state index in [4.69, 9.17) is 14.2 Å². The predicted molar refractivity (Wildman–Crippen MR) is 127 cm³/mol. The van der Waals surface area contributed by atoms with Gasteiger partial charge in [-0.2, -0.15) is 5.10 Å². The Morgan fingerprint density at radius 1 is 0.970 bits per heavy atom. The first-order valence-electron chi connectivity index (χ1n) is 10.4. The average molecular weight is 441 g/mol. The monoisotopic (exact) mass is 441 g/mol. The van der Waals surface area contributed by atoms with Gasteiger partial charge in [0.1, 0.15) is 29.4 Å². The standard InChI is InChI=1S/C26H23N3O4/c1-31-23-13-12-19(16-28-29-25(30)18-32-22-9-3-2-4-10-22)15-21(23)17-33-24-11-5-7-20-8-6-14-27-26(20)24/h2-16H,17-18H2,1H3,(H,29,30)/b28-16+. The second-order valence-electron chi connectivity index (χ2n) is 7.09. The molecule has 0 atom stereocenters. The molecule has 7 nitrogen and oxygen atoms in total. The minimum absolute atomic E-state index is 0.123. The van der Waals surface area contributed by atoms with Crippen molar-refractivity contribution in [2.24, 2.45) is 5.10 Å². The summed E-state index contributed by atoms with van der Waals surface area (Å²) >= 11 is 0. The first-order chi connectivity index (χ1) is 16.2. The lowest BCUT2D eigenvalue weighted by Gasteiger charge is -2.12. The molecule has 0 spiro atoms. The molecule has 0 saturated carbocycles. The molecule has 0 saturated heterocycles. The number of pyridine rings is 1. The number of nitrogens with zero attached hydrogens (tertiary/aromatic N) is 2. The Kier molecular flexibility index (Phi) is 7.12. The lowest BCUT2D eigenvalue weighted by molar-refractivity contribution is -0.123. The van der Waals surface area contributed by atoms with E-state index in [-0.39, 0.29) is 19.1 Å². The van der Waals surface area contributed by atoms with Gasteiger partial charge in [-0.15, -0.1) is 0 Å². The minimum Gasteiger partial charge on any atom is -0.496 e. The molecule has 0 radical (unpaired) electrons. The number of carbonyl (C=O) groups is 1. The van der Waals surface area contributed by atoms with E-state index in [0.29, 0.717) is 17.2 Å². The molecule has 3 aromatic carbocycles. The summed E-state index contributed by atoms with van der Waals surface area (Å²) in [6.45, 7) is 0.167. The summed E-state index contributed by atoms with van der Waals surface area (Å²) in [5, 5.41) is 5.02. The minimum atomic E-state index is -0.351. The van der Waals surface area contributed by atoms with Crippen molar-refractivity contribution in [1.29, 1.82) is 0 Å². The molecule has 4 aromatic rings. The van der Waals surface area contributed by atoms with Crippen LogP contribution in [0.25, 0.3) is 10.9 Å². The van der Waals surface area contributed by atoms with E-state index >= 15 is 0 Å². The fourth-order valence-corrected chi connectivity index (χ4v) is 3.22. The van der Waals surface area contributed by atoms with Crippen LogP contribution in [0.1, 0.15) is 11.1 Å². The summed E-state index contributed by atoms with van der Waals surface area (Å²) in [5.74, 6) is 1.66. The molecular formula is C26H23N3O4. The number of benzene rings is 3. The quantitative estimate of drug-likeness (QED) is 0.308. The van der Waals surface area contributed by atoms with Crippen molar-refractivity contribution in [3.05, 3.63) is 96.2 Å². The number of hydrogen-bond donors (Lipinski definition) is 1. The molecular weight excluding hydrogens is 418 g/mol. The zero-order valence-electron chi connectivity index (χ0n) is 18.1. The number of rotatable bonds is 9. The van der Waals surface area contributed by atoms with Crippen LogP contribution in [0, 0.1) is 0 Å². The number of ether oxygens (including phenoxy) is 3. The smallest absolute Gasteiger partial charge is 0.277 e. The molecule has 1 aromatic heterocycles. The van der Waals surface area contributed by atoms with Crippen LogP contribution < -0.4 is 19.6 Å². The van der Waals surface area contributed by atoms with Gasteiger partial charge in [0.15, 0.2) is 6.61 Å². The highest BCUT2D eigenvalue weighted by Gasteiger charge is 2.08. The van der Waals surface area contributed by atoms with Crippen molar-refractivity contribution >= 4 is 23.0 Å². The third-order valence-electron chi connectivity index (χ3n) is 4.80. The number of hydrogen-bond acceptors (Lipinski definition) is 6. The number of amides is 1. The average Bonchev–Trinajstić information content (AvgIpc) is 2.87. The summed E-state index contributed by atoms with van der Waals surface area (Å²) in [4.78, 5) is 16.4. The van der Waals surface area contributed by atoms with Gasteiger partial charge in [0.25, 0.3) is 5.91 Å². The van der Waals surface area contributed by atoms with Gasteiger partial charge in [-0.3, -0.25) is 9.78 Å². The highest BCUT2D eigenvalue weighted by atomic mass is 16.5. The number of hydrazone groups is 1. The third kappa shape index (κ3) is 5.86. The Morgan fingerprint density at radius 2 is 1.82 bits per heavy atom. The normalized spacial score (nSPS) is 10.8. The SMILES string of the molecule is COc1ccc(/C=N/NC(=O)COc2ccccc2)cc1COc1cccc2cccnc12. The maximum absolute atomic E-state index is 11.9. The number of carbonyl (C=O) groups excluding carboxylic acids is 1. The maximum Gasteiger partial charge on any atom is 0.277 e. The number of fused-ring (bicyclic) bond motifs is 1. The van der Waals surface area contributed by atoms with Crippen molar-refractivity contribution in [1.82, 2.24) is 10.4 Å². The van der Waals surface area contributed by atoms with Crippen LogP contribution in [0.4, 0.5) is 0 Å². The van der Waals surface area contributed by atoms with Crippen molar-refractivity contribution < 1.29 is 19.0 Å². The van der Waals surface area contributed by atoms with Crippen LogP contribution in [0.3, 0.4) is 0 Å². The molecule has 0 aliphatic rings. The van der Waals surface area contributed by atoms with Gasteiger partial charge in [0, 0.05) is 17.1 Å². The lowest BCUT2D eigenvalue weighted by atomic mass is 10.1.